The molecule has 5 heteroatoms. The van der Waals surface area contributed by atoms with E-state index < -0.39 is 0 Å². The smallest absolute Gasteiger partial charge is 0.222 e. The maximum absolute atomic E-state index is 12.6. The van der Waals surface area contributed by atoms with E-state index in [4.69, 9.17) is 9.47 Å². The third kappa shape index (κ3) is 5.05. The minimum atomic E-state index is 0.0965. The van der Waals surface area contributed by atoms with E-state index >= 15 is 0 Å². The van der Waals surface area contributed by atoms with Gasteiger partial charge < -0.3 is 14.4 Å². The molecule has 26 heavy (non-hydrogen) atoms. The number of amides is 1. The van der Waals surface area contributed by atoms with E-state index in [0.717, 1.165) is 36.3 Å². The number of nitrogens with zero attached hydrogens (tertiary/aromatic N) is 2. The largest absolute Gasteiger partial charge is 0.496 e. The van der Waals surface area contributed by atoms with Crippen LogP contribution in [0.3, 0.4) is 0 Å². The molecular weight excluding hydrogens is 328 g/mol. The average molecular weight is 354 g/mol. The van der Waals surface area contributed by atoms with E-state index in [1.807, 2.05) is 47.5 Å². The number of hydrogen-bond donors (Lipinski definition) is 0. The number of benzene rings is 1. The Morgan fingerprint density at radius 3 is 2.96 bits per heavy atom. The lowest BCUT2D eigenvalue weighted by Crippen LogP contribution is -2.43. The Morgan fingerprint density at radius 2 is 2.15 bits per heavy atom. The third-order valence-corrected chi connectivity index (χ3v) is 4.74. The highest BCUT2D eigenvalue weighted by atomic mass is 16.5. The Bertz CT molecular complexity index is 705. The Balaban J connectivity index is 1.48. The molecule has 1 saturated heterocycles. The molecule has 0 aliphatic carbocycles. The van der Waals surface area contributed by atoms with Crippen molar-refractivity contribution in [3.63, 3.8) is 0 Å². The summed E-state index contributed by atoms with van der Waals surface area (Å²) < 4.78 is 11.4. The maximum atomic E-state index is 12.6. The van der Waals surface area contributed by atoms with Crippen LogP contribution in [0.1, 0.15) is 30.4 Å². The van der Waals surface area contributed by atoms with E-state index in [1.165, 1.54) is 0 Å². The van der Waals surface area contributed by atoms with Gasteiger partial charge in [-0.2, -0.15) is 0 Å². The van der Waals surface area contributed by atoms with Gasteiger partial charge in [0.2, 0.25) is 5.91 Å². The van der Waals surface area contributed by atoms with Gasteiger partial charge in [0.1, 0.15) is 5.75 Å². The summed E-state index contributed by atoms with van der Waals surface area (Å²) in [5.74, 6) is 1.03. The molecule has 0 saturated carbocycles. The van der Waals surface area contributed by atoms with E-state index in [1.54, 1.807) is 13.3 Å². The molecule has 0 bridgehead atoms. The molecule has 2 aromatic rings. The molecule has 3 rings (SSSR count). The van der Waals surface area contributed by atoms with Crippen LogP contribution >= 0.6 is 0 Å². The molecule has 0 spiro atoms. The summed E-state index contributed by atoms with van der Waals surface area (Å²) >= 11 is 0. The van der Waals surface area contributed by atoms with Crippen LogP contribution in [0.5, 0.6) is 5.75 Å². The Kier molecular flexibility index (Phi) is 6.61. The first-order chi connectivity index (χ1) is 12.8. The molecule has 0 unspecified atom stereocenters. The molecule has 138 valence electrons. The van der Waals surface area contributed by atoms with Crippen molar-refractivity contribution < 1.29 is 14.3 Å². The number of likely N-dealkylation sites (tertiary alicyclic amines) is 1. The van der Waals surface area contributed by atoms with Crippen LogP contribution in [0.15, 0.2) is 48.8 Å². The molecule has 1 amide bonds. The molecule has 2 heterocycles. The van der Waals surface area contributed by atoms with E-state index in [0.29, 0.717) is 26.0 Å². The standard InChI is InChI=1S/C21H26N2O3/c1-25-20-9-3-2-7-18(20)10-11-21(24)23-13-5-8-19(15-23)26-16-17-6-4-12-22-14-17/h2-4,6-7,9,12,14,19H,5,8,10-11,13,15-16H2,1H3/t19-/m1/s1. The molecule has 1 aliphatic heterocycles. The Hall–Kier alpha value is -2.40. The Labute approximate surface area is 155 Å². The zero-order chi connectivity index (χ0) is 18.2. The number of rotatable bonds is 7. The zero-order valence-electron chi connectivity index (χ0n) is 15.3. The molecule has 1 aliphatic rings. The number of aromatic nitrogens is 1. The second-order valence-electron chi connectivity index (χ2n) is 6.59. The summed E-state index contributed by atoms with van der Waals surface area (Å²) in [5.41, 5.74) is 2.14. The first-order valence-electron chi connectivity index (χ1n) is 9.16. The topological polar surface area (TPSA) is 51.7 Å². The van der Waals surface area contributed by atoms with Crippen LogP contribution in [-0.4, -0.2) is 42.1 Å². The molecule has 1 fully saturated rings. The summed E-state index contributed by atoms with van der Waals surface area (Å²) in [6, 6.07) is 11.8. The van der Waals surface area contributed by atoms with Gasteiger partial charge in [-0.15, -0.1) is 0 Å². The Morgan fingerprint density at radius 1 is 1.27 bits per heavy atom. The number of carbonyl (C=O) groups excluding carboxylic acids is 1. The van der Waals surface area contributed by atoms with Crippen LogP contribution < -0.4 is 4.74 Å². The number of aryl methyl sites for hydroxylation is 1. The number of hydrogen-bond acceptors (Lipinski definition) is 4. The molecule has 1 aromatic heterocycles. The molecule has 0 radical (unpaired) electrons. The monoisotopic (exact) mass is 354 g/mol. The van der Waals surface area contributed by atoms with Crippen LogP contribution in [-0.2, 0) is 22.6 Å². The van der Waals surface area contributed by atoms with Crippen LogP contribution in [0.2, 0.25) is 0 Å². The van der Waals surface area contributed by atoms with Gasteiger partial charge in [-0.1, -0.05) is 24.3 Å². The minimum absolute atomic E-state index is 0.0965. The zero-order valence-corrected chi connectivity index (χ0v) is 15.3. The van der Waals surface area contributed by atoms with Gasteiger partial charge in [0.05, 0.1) is 19.8 Å². The fourth-order valence-electron chi connectivity index (χ4n) is 3.31. The number of pyridine rings is 1. The minimum Gasteiger partial charge on any atom is -0.496 e. The van der Waals surface area contributed by atoms with Crippen LogP contribution in [0.25, 0.3) is 0 Å². The normalized spacial score (nSPS) is 17.1. The lowest BCUT2D eigenvalue weighted by atomic mass is 10.1. The molecule has 1 aromatic carbocycles. The summed E-state index contributed by atoms with van der Waals surface area (Å²) in [6.45, 7) is 2.03. The van der Waals surface area contributed by atoms with Crippen molar-refractivity contribution in [1.29, 1.82) is 0 Å². The predicted molar refractivity (Wildman–Crippen MR) is 99.9 cm³/mol. The number of piperidine rings is 1. The van der Waals surface area contributed by atoms with Gasteiger partial charge in [0.25, 0.3) is 0 Å². The molecule has 0 N–H and O–H groups in total. The van der Waals surface area contributed by atoms with Crippen molar-refractivity contribution in [2.45, 2.75) is 38.4 Å². The van der Waals surface area contributed by atoms with Crippen LogP contribution in [0.4, 0.5) is 0 Å². The van der Waals surface area contributed by atoms with Crippen molar-refractivity contribution in [3.05, 3.63) is 59.9 Å². The lowest BCUT2D eigenvalue weighted by Gasteiger charge is -2.33. The van der Waals surface area contributed by atoms with Gasteiger partial charge >= 0.3 is 0 Å². The fourth-order valence-corrected chi connectivity index (χ4v) is 3.31. The quantitative estimate of drug-likeness (QED) is 0.766. The molecular formula is C21H26N2O3. The molecule has 1 atom stereocenters. The summed E-state index contributed by atoms with van der Waals surface area (Å²) in [7, 11) is 1.66. The number of carbonyl (C=O) groups is 1. The van der Waals surface area contributed by atoms with E-state index in [2.05, 4.69) is 4.98 Å². The van der Waals surface area contributed by atoms with Gasteiger partial charge in [-0.25, -0.2) is 0 Å². The third-order valence-electron chi connectivity index (χ3n) is 4.74. The van der Waals surface area contributed by atoms with Crippen molar-refractivity contribution >= 4 is 5.91 Å². The first-order valence-corrected chi connectivity index (χ1v) is 9.16. The summed E-state index contributed by atoms with van der Waals surface area (Å²) in [4.78, 5) is 18.7. The average Bonchev–Trinajstić information content (AvgIpc) is 2.71. The highest BCUT2D eigenvalue weighted by molar-refractivity contribution is 5.76. The van der Waals surface area contributed by atoms with Gasteiger partial charge in [0, 0.05) is 31.9 Å². The maximum Gasteiger partial charge on any atom is 0.222 e. The van der Waals surface area contributed by atoms with Crippen molar-refractivity contribution in [3.8, 4) is 5.75 Å². The number of methoxy groups -OCH3 is 1. The number of ether oxygens (including phenoxy) is 2. The summed E-state index contributed by atoms with van der Waals surface area (Å²) in [6.07, 6.45) is 6.84. The van der Waals surface area contributed by atoms with Crippen molar-refractivity contribution in [2.24, 2.45) is 0 Å². The highest BCUT2D eigenvalue weighted by Crippen LogP contribution is 2.20. The van der Waals surface area contributed by atoms with Crippen molar-refractivity contribution in [1.82, 2.24) is 9.88 Å². The van der Waals surface area contributed by atoms with E-state index in [9.17, 15) is 4.79 Å². The number of para-hydroxylation sites is 1. The van der Waals surface area contributed by atoms with Gasteiger partial charge in [-0.3, -0.25) is 9.78 Å². The van der Waals surface area contributed by atoms with Gasteiger partial charge in [0.15, 0.2) is 0 Å². The lowest BCUT2D eigenvalue weighted by molar-refractivity contribution is -0.135. The predicted octanol–water partition coefficient (Wildman–Crippen LogP) is 3.23. The first kappa shape index (κ1) is 18.4. The fraction of sp³-hybridized carbons (Fsp3) is 0.429. The highest BCUT2D eigenvalue weighted by Gasteiger charge is 2.24. The second-order valence-corrected chi connectivity index (χ2v) is 6.59. The molecule has 5 nitrogen and oxygen atoms in total. The van der Waals surface area contributed by atoms with Crippen molar-refractivity contribution in [2.75, 3.05) is 20.2 Å². The van der Waals surface area contributed by atoms with Gasteiger partial charge in [-0.05, 0) is 42.5 Å². The SMILES string of the molecule is COc1ccccc1CCC(=O)N1CCC[C@@H](OCc2cccnc2)C1. The van der Waals surface area contributed by atoms with E-state index in [-0.39, 0.29) is 12.0 Å². The van der Waals surface area contributed by atoms with Crippen LogP contribution in [0, 0.1) is 0 Å². The summed E-state index contributed by atoms with van der Waals surface area (Å²) in [5, 5.41) is 0. The second kappa shape index (κ2) is 9.34.